The van der Waals surface area contributed by atoms with E-state index in [9.17, 15) is 22.4 Å². The van der Waals surface area contributed by atoms with Crippen LogP contribution in [0.4, 0.5) is 23.4 Å². The van der Waals surface area contributed by atoms with Gasteiger partial charge in [0.25, 0.3) is 5.91 Å². The lowest BCUT2D eigenvalue weighted by Gasteiger charge is -2.34. The molecule has 5 rings (SSSR count). The van der Waals surface area contributed by atoms with E-state index in [1.54, 1.807) is 0 Å². The molecule has 2 saturated carbocycles. The molecule has 3 aliphatic rings. The van der Waals surface area contributed by atoms with Crippen LogP contribution in [-0.2, 0) is 0 Å². The van der Waals surface area contributed by atoms with Gasteiger partial charge in [-0.1, -0.05) is 32.9 Å². The van der Waals surface area contributed by atoms with Crippen molar-refractivity contribution in [2.75, 3.05) is 5.32 Å². The number of hydrogen-bond acceptors (Lipinski definition) is 4. The van der Waals surface area contributed by atoms with Crippen molar-refractivity contribution in [3.8, 4) is 0 Å². The summed E-state index contributed by atoms with van der Waals surface area (Å²) in [6.45, 7) is 6.60. The molecule has 1 amide bonds. The second-order valence-electron chi connectivity index (χ2n) is 10.4. The van der Waals surface area contributed by atoms with Crippen molar-refractivity contribution in [1.82, 2.24) is 15.2 Å². The van der Waals surface area contributed by atoms with Crippen LogP contribution in [0.5, 0.6) is 0 Å². The van der Waals surface area contributed by atoms with Crippen LogP contribution < -0.4 is 10.7 Å². The number of nitrogens with zero attached hydrogens (tertiary/aromatic N) is 3. The van der Waals surface area contributed by atoms with Crippen LogP contribution in [0.3, 0.4) is 0 Å². The Morgan fingerprint density at radius 2 is 1.94 bits per heavy atom. The molecule has 34 heavy (non-hydrogen) atoms. The molecule has 4 atom stereocenters. The zero-order valence-corrected chi connectivity index (χ0v) is 19.2. The predicted molar refractivity (Wildman–Crippen MR) is 119 cm³/mol. The van der Waals surface area contributed by atoms with Gasteiger partial charge in [0.2, 0.25) is 0 Å². The molecule has 6 nitrogen and oxygen atoms in total. The Morgan fingerprint density at radius 1 is 1.24 bits per heavy atom. The predicted octanol–water partition coefficient (Wildman–Crippen LogP) is 5.61. The number of benzene rings is 1. The van der Waals surface area contributed by atoms with E-state index in [4.69, 9.17) is 0 Å². The third kappa shape index (κ3) is 3.49. The first-order chi connectivity index (χ1) is 15.9. The number of alkyl halides is 3. The molecule has 10 heteroatoms. The first-order valence-corrected chi connectivity index (χ1v) is 11.5. The molecule has 0 saturated heterocycles. The lowest BCUT2D eigenvalue weighted by atomic mass is 9.70. The van der Waals surface area contributed by atoms with Crippen LogP contribution in [0.25, 0.3) is 0 Å². The summed E-state index contributed by atoms with van der Waals surface area (Å²) in [6, 6.07) is 4.00. The van der Waals surface area contributed by atoms with Crippen molar-refractivity contribution >= 4 is 17.4 Å². The highest BCUT2D eigenvalue weighted by Crippen LogP contribution is 2.63. The summed E-state index contributed by atoms with van der Waals surface area (Å²) in [7, 11) is 0. The Morgan fingerprint density at radius 3 is 2.53 bits per heavy atom. The molecule has 1 aromatic carbocycles. The Balaban J connectivity index is 1.39. The second-order valence-corrected chi connectivity index (χ2v) is 10.4. The maximum atomic E-state index is 13.9. The van der Waals surface area contributed by atoms with Crippen LogP contribution >= 0.6 is 0 Å². The number of hydrazone groups is 1. The molecule has 1 aromatic heterocycles. The summed E-state index contributed by atoms with van der Waals surface area (Å²) in [5, 5.41) is 11.4. The highest BCUT2D eigenvalue weighted by molar-refractivity contribution is 5.97. The van der Waals surface area contributed by atoms with Gasteiger partial charge in [0.05, 0.1) is 6.04 Å². The maximum absolute atomic E-state index is 13.9. The van der Waals surface area contributed by atoms with Crippen LogP contribution in [0.2, 0.25) is 0 Å². The van der Waals surface area contributed by atoms with Gasteiger partial charge < -0.3 is 5.32 Å². The number of nitrogens with one attached hydrogen (secondary N) is 2. The van der Waals surface area contributed by atoms with Gasteiger partial charge in [-0.15, -0.1) is 0 Å². The number of carbonyl (C=O) groups is 1. The molecule has 0 unspecified atom stereocenters. The van der Waals surface area contributed by atoms with Crippen LogP contribution in [0.1, 0.15) is 74.6 Å². The lowest BCUT2D eigenvalue weighted by molar-refractivity contribution is -0.173. The van der Waals surface area contributed by atoms with E-state index < -0.39 is 30.0 Å². The van der Waals surface area contributed by atoms with E-state index in [-0.39, 0.29) is 28.8 Å². The molecule has 1 aliphatic heterocycles. The Kier molecular flexibility index (Phi) is 5.07. The van der Waals surface area contributed by atoms with Crippen molar-refractivity contribution in [2.45, 2.75) is 64.7 Å². The zero-order valence-electron chi connectivity index (χ0n) is 19.2. The topological polar surface area (TPSA) is 71.3 Å². The first-order valence-electron chi connectivity index (χ1n) is 11.5. The molecule has 0 spiro atoms. The molecule has 2 aromatic rings. The molecule has 2 bridgehead atoms. The average Bonchev–Trinajstić information content (AvgIpc) is 3.35. The van der Waals surface area contributed by atoms with Gasteiger partial charge in [0, 0.05) is 23.6 Å². The number of rotatable bonds is 3. The lowest BCUT2D eigenvalue weighted by Crippen LogP contribution is -2.36. The van der Waals surface area contributed by atoms with Crippen molar-refractivity contribution in [3.63, 3.8) is 0 Å². The van der Waals surface area contributed by atoms with Gasteiger partial charge in [-0.2, -0.15) is 23.4 Å². The summed E-state index contributed by atoms with van der Waals surface area (Å²) < 4.78 is 55.7. The quantitative estimate of drug-likeness (QED) is 0.446. The number of hydrogen-bond donors (Lipinski definition) is 2. The number of halogens is 4. The third-order valence-corrected chi connectivity index (χ3v) is 8.50. The van der Waals surface area contributed by atoms with Gasteiger partial charge in [-0.05, 0) is 48.3 Å². The molecule has 2 fully saturated rings. The Labute approximate surface area is 194 Å². The van der Waals surface area contributed by atoms with Crippen molar-refractivity contribution in [1.29, 1.82) is 0 Å². The average molecular weight is 478 g/mol. The highest BCUT2D eigenvalue weighted by Gasteiger charge is 2.60. The van der Waals surface area contributed by atoms with Gasteiger partial charge in [0.1, 0.15) is 11.6 Å². The summed E-state index contributed by atoms with van der Waals surface area (Å²) in [6.07, 6.45) is -1.97. The number of aromatic nitrogens is 2. The van der Waals surface area contributed by atoms with Crippen LogP contribution in [0.15, 0.2) is 35.4 Å². The third-order valence-electron chi connectivity index (χ3n) is 8.50. The van der Waals surface area contributed by atoms with E-state index >= 15 is 0 Å². The van der Waals surface area contributed by atoms with Crippen LogP contribution in [-0.4, -0.2) is 27.6 Å². The van der Waals surface area contributed by atoms with Gasteiger partial charge >= 0.3 is 6.18 Å². The number of amides is 1. The smallest absolute Gasteiger partial charge is 0.363 e. The van der Waals surface area contributed by atoms with Gasteiger partial charge in [0.15, 0.2) is 11.7 Å². The van der Waals surface area contributed by atoms with E-state index in [1.165, 1.54) is 30.3 Å². The fourth-order valence-electron chi connectivity index (χ4n) is 5.87. The standard InChI is InChI=1S/C24H27F4N5O/c1-22(2)14-8-9-23(22,3)18(10-14)30-31-21(34)17-12-20-29-16(13-4-6-15(25)7-5-13)11-19(24(26,27)28)33(20)32-17/h4-7,12,14,16,19,29H,8-11H2,1-3H3,(H,31,34)/b30-18+/t14-,16+,19-,23-/m0/s1. The number of anilines is 1. The fourth-order valence-corrected chi connectivity index (χ4v) is 5.87. The van der Waals surface area contributed by atoms with Gasteiger partial charge in [-0.25, -0.2) is 14.5 Å². The normalized spacial score (nSPS) is 30.8. The molecule has 0 radical (unpaired) electrons. The monoisotopic (exact) mass is 477 g/mol. The maximum Gasteiger partial charge on any atom is 0.410 e. The molecular weight excluding hydrogens is 450 g/mol. The largest absolute Gasteiger partial charge is 0.410 e. The highest BCUT2D eigenvalue weighted by atomic mass is 19.4. The Bertz CT molecular complexity index is 1150. The van der Waals surface area contributed by atoms with Crippen molar-refractivity contribution in [3.05, 3.63) is 47.4 Å². The summed E-state index contributed by atoms with van der Waals surface area (Å²) in [5.74, 6) is -0.535. The SMILES string of the molecule is CC1(C)[C@H]2CC[C@@]1(C)/C(=N/NC(=O)c1cc3n(n1)[C@H](C(F)(F)F)C[C@H](c1ccc(F)cc1)N3)C2. The minimum absolute atomic E-state index is 0.0775. The second kappa shape index (κ2) is 7.55. The summed E-state index contributed by atoms with van der Waals surface area (Å²) >= 11 is 0. The molecule has 2 N–H and O–H groups in total. The summed E-state index contributed by atoms with van der Waals surface area (Å²) in [4.78, 5) is 12.8. The molecular formula is C24H27F4N5O. The summed E-state index contributed by atoms with van der Waals surface area (Å²) in [5.41, 5.74) is 3.80. The van der Waals surface area contributed by atoms with Crippen molar-refractivity contribution in [2.24, 2.45) is 21.8 Å². The van der Waals surface area contributed by atoms with Gasteiger partial charge in [-0.3, -0.25) is 4.79 Å². The molecule has 2 heterocycles. The molecule has 2 aliphatic carbocycles. The minimum Gasteiger partial charge on any atom is -0.363 e. The zero-order chi connectivity index (χ0) is 24.5. The van der Waals surface area contributed by atoms with E-state index in [1.807, 2.05) is 0 Å². The minimum atomic E-state index is -4.57. The fraction of sp³-hybridized carbons (Fsp3) is 0.542. The van der Waals surface area contributed by atoms with Crippen molar-refractivity contribution < 1.29 is 22.4 Å². The molecule has 182 valence electrons. The van der Waals surface area contributed by atoms with E-state index in [0.717, 1.165) is 29.7 Å². The Hall–Kier alpha value is -2.91. The number of fused-ring (bicyclic) bond motifs is 3. The number of carbonyl (C=O) groups excluding carboxylic acids is 1. The first kappa shape index (κ1) is 22.9. The van der Waals surface area contributed by atoms with E-state index in [2.05, 4.69) is 41.7 Å². The van der Waals surface area contributed by atoms with E-state index in [0.29, 0.717) is 11.5 Å². The van der Waals surface area contributed by atoms with Crippen LogP contribution in [0, 0.1) is 22.6 Å².